The van der Waals surface area contributed by atoms with Crippen molar-refractivity contribution in [3.8, 4) is 22.3 Å². The molecular weight excluding hydrogens is 546 g/mol. The number of hydrogen-bond donors (Lipinski definition) is 0. The van der Waals surface area contributed by atoms with Gasteiger partial charge in [0.05, 0.1) is 16.6 Å². The largest absolute Gasteiger partial charge is 0.456 e. The third-order valence-electron chi connectivity index (χ3n) is 9.01. The molecule has 2 heteroatoms. The summed E-state index contributed by atoms with van der Waals surface area (Å²) < 4.78 is 6.56. The second kappa shape index (κ2) is 11.2. The highest BCUT2D eigenvalue weighted by Crippen LogP contribution is 2.47. The molecule has 1 heterocycles. The van der Waals surface area contributed by atoms with Gasteiger partial charge in [-0.05, 0) is 77.1 Å². The molecule has 1 aliphatic rings. The van der Waals surface area contributed by atoms with E-state index in [1.807, 2.05) is 6.07 Å². The van der Waals surface area contributed by atoms with Crippen molar-refractivity contribution in [2.75, 3.05) is 4.90 Å². The fourth-order valence-corrected chi connectivity index (χ4v) is 6.68. The van der Waals surface area contributed by atoms with E-state index in [9.17, 15) is 0 Å². The molecule has 0 fully saturated rings. The molecule has 0 amide bonds. The van der Waals surface area contributed by atoms with Crippen molar-refractivity contribution in [1.82, 2.24) is 0 Å². The van der Waals surface area contributed by atoms with Crippen molar-refractivity contribution in [3.05, 3.63) is 175 Å². The van der Waals surface area contributed by atoms with Crippen LogP contribution < -0.4 is 4.90 Å². The number of benzene rings is 6. The molecular formula is C43H33NO. The first-order valence-corrected chi connectivity index (χ1v) is 15.6. The van der Waals surface area contributed by atoms with Crippen molar-refractivity contribution in [2.45, 2.75) is 18.9 Å². The first kappa shape index (κ1) is 27.0. The van der Waals surface area contributed by atoms with E-state index in [2.05, 4.69) is 176 Å². The second-order valence-corrected chi connectivity index (χ2v) is 12.0. The highest BCUT2D eigenvalue weighted by Gasteiger charge is 2.34. The van der Waals surface area contributed by atoms with Crippen LogP contribution in [0.2, 0.25) is 0 Å². The normalized spacial score (nSPS) is 16.2. The minimum absolute atomic E-state index is 0.340. The topological polar surface area (TPSA) is 16.4 Å². The fraction of sp³-hybridized carbons (Fsp3) is 0.0698. The maximum atomic E-state index is 6.56. The van der Waals surface area contributed by atoms with Gasteiger partial charge >= 0.3 is 0 Å². The lowest BCUT2D eigenvalue weighted by Crippen LogP contribution is -2.42. The Bertz CT molecular complexity index is 2170. The van der Waals surface area contributed by atoms with Crippen LogP contribution >= 0.6 is 0 Å². The van der Waals surface area contributed by atoms with Gasteiger partial charge in [-0.3, -0.25) is 0 Å². The highest BCUT2D eigenvalue weighted by molar-refractivity contribution is 6.14. The van der Waals surface area contributed by atoms with Gasteiger partial charge in [-0.25, -0.2) is 0 Å². The molecule has 0 saturated heterocycles. The summed E-state index contributed by atoms with van der Waals surface area (Å²) in [5.74, 6) is 0. The van der Waals surface area contributed by atoms with Crippen molar-refractivity contribution >= 4 is 38.9 Å². The summed E-state index contributed by atoms with van der Waals surface area (Å²) in [6.07, 6.45) is 7.90. The van der Waals surface area contributed by atoms with Gasteiger partial charge < -0.3 is 9.32 Å². The number of rotatable bonds is 6. The number of fused-ring (bicyclic) bond motifs is 3. The van der Waals surface area contributed by atoms with Crippen LogP contribution in [-0.4, -0.2) is 5.54 Å². The van der Waals surface area contributed by atoms with E-state index in [0.717, 1.165) is 50.9 Å². The van der Waals surface area contributed by atoms with E-state index in [-0.39, 0.29) is 5.54 Å². The average molecular weight is 580 g/mol. The van der Waals surface area contributed by atoms with Crippen molar-refractivity contribution in [3.63, 3.8) is 0 Å². The van der Waals surface area contributed by atoms with E-state index < -0.39 is 0 Å². The molecule has 2 nitrogen and oxygen atoms in total. The monoisotopic (exact) mass is 579 g/mol. The molecule has 1 unspecified atom stereocenters. The Kier molecular flexibility index (Phi) is 6.69. The molecule has 0 spiro atoms. The molecule has 1 atom stereocenters. The molecule has 0 aliphatic heterocycles. The van der Waals surface area contributed by atoms with E-state index in [4.69, 9.17) is 4.42 Å². The standard InChI is InChI=1S/C43H33NO/c1-43(27-25-35(26-28-43)32-15-7-3-8-16-32)44(37-23-21-34(22-24-37)31-13-5-2-6-14-31)39-29-36(33-17-9-4-10-18-33)30-41-42(39)38-19-11-12-20-40(38)45-41/h2-27,29-30H,28H2,1H3. The SMILES string of the molecule is CC1(N(c2ccc(-c3ccccc3)cc2)c2cc(-c3ccccc3)cc3oc4ccccc4c23)C=CC(c2ccccc2)=CC1. The Morgan fingerprint density at radius 3 is 1.78 bits per heavy atom. The predicted octanol–water partition coefficient (Wildman–Crippen LogP) is 11.9. The molecule has 1 aliphatic carbocycles. The molecule has 0 N–H and O–H groups in total. The van der Waals surface area contributed by atoms with E-state index in [1.54, 1.807) is 0 Å². The number of allylic oxidation sites excluding steroid dienone is 2. The molecule has 216 valence electrons. The summed E-state index contributed by atoms with van der Waals surface area (Å²) >= 11 is 0. The molecule has 0 radical (unpaired) electrons. The van der Waals surface area contributed by atoms with Crippen molar-refractivity contribution < 1.29 is 4.42 Å². The number of nitrogens with zero attached hydrogens (tertiary/aromatic N) is 1. The van der Waals surface area contributed by atoms with Crippen LogP contribution in [0.15, 0.2) is 174 Å². The summed E-state index contributed by atoms with van der Waals surface area (Å²) in [5.41, 5.74) is 10.9. The van der Waals surface area contributed by atoms with Gasteiger partial charge in [0.1, 0.15) is 11.2 Å². The van der Waals surface area contributed by atoms with Gasteiger partial charge in [0.15, 0.2) is 0 Å². The van der Waals surface area contributed by atoms with E-state index >= 15 is 0 Å². The lowest BCUT2D eigenvalue weighted by Gasteiger charge is -2.43. The Morgan fingerprint density at radius 1 is 0.556 bits per heavy atom. The van der Waals surface area contributed by atoms with Gasteiger partial charge in [0.2, 0.25) is 0 Å². The third-order valence-corrected chi connectivity index (χ3v) is 9.01. The van der Waals surface area contributed by atoms with Crippen LogP contribution in [0.25, 0.3) is 49.8 Å². The Morgan fingerprint density at radius 2 is 1.13 bits per heavy atom. The molecule has 45 heavy (non-hydrogen) atoms. The minimum Gasteiger partial charge on any atom is -0.456 e. The summed E-state index contributed by atoms with van der Waals surface area (Å²) in [4.78, 5) is 2.52. The molecule has 6 aromatic carbocycles. The quantitative estimate of drug-likeness (QED) is 0.195. The van der Waals surface area contributed by atoms with E-state index in [0.29, 0.717) is 0 Å². The molecule has 0 bridgehead atoms. The predicted molar refractivity (Wildman–Crippen MR) is 190 cm³/mol. The number of furan rings is 1. The van der Waals surface area contributed by atoms with E-state index in [1.165, 1.54) is 22.3 Å². The Balaban J connectivity index is 1.35. The van der Waals surface area contributed by atoms with Crippen LogP contribution in [0.3, 0.4) is 0 Å². The van der Waals surface area contributed by atoms with Crippen molar-refractivity contribution in [1.29, 1.82) is 0 Å². The Hall–Kier alpha value is -5.60. The lowest BCUT2D eigenvalue weighted by atomic mass is 9.85. The molecule has 0 saturated carbocycles. The van der Waals surface area contributed by atoms with Crippen molar-refractivity contribution in [2.24, 2.45) is 0 Å². The van der Waals surface area contributed by atoms with Crippen LogP contribution in [0.4, 0.5) is 11.4 Å². The highest BCUT2D eigenvalue weighted by atomic mass is 16.3. The first-order chi connectivity index (χ1) is 22.2. The summed E-state index contributed by atoms with van der Waals surface area (Å²) in [6, 6.07) is 53.8. The maximum absolute atomic E-state index is 6.56. The van der Waals surface area contributed by atoms with Crippen LogP contribution in [0, 0.1) is 0 Å². The number of hydrogen-bond acceptors (Lipinski definition) is 2. The van der Waals surface area contributed by atoms with Gasteiger partial charge in [-0.15, -0.1) is 0 Å². The first-order valence-electron chi connectivity index (χ1n) is 15.6. The zero-order valence-electron chi connectivity index (χ0n) is 25.2. The van der Waals surface area contributed by atoms with Crippen LogP contribution in [-0.2, 0) is 0 Å². The van der Waals surface area contributed by atoms with Gasteiger partial charge in [-0.2, -0.15) is 0 Å². The third kappa shape index (κ3) is 4.95. The fourth-order valence-electron chi connectivity index (χ4n) is 6.68. The zero-order chi connectivity index (χ0) is 30.2. The summed E-state index contributed by atoms with van der Waals surface area (Å²) in [5, 5.41) is 2.25. The molecule has 1 aromatic heterocycles. The summed E-state index contributed by atoms with van der Waals surface area (Å²) in [7, 11) is 0. The van der Waals surface area contributed by atoms with Gasteiger partial charge in [0, 0.05) is 11.1 Å². The molecule has 8 rings (SSSR count). The smallest absolute Gasteiger partial charge is 0.138 e. The minimum atomic E-state index is -0.340. The lowest BCUT2D eigenvalue weighted by molar-refractivity contribution is 0.572. The van der Waals surface area contributed by atoms with Gasteiger partial charge in [0.25, 0.3) is 0 Å². The summed E-state index contributed by atoms with van der Waals surface area (Å²) in [6.45, 7) is 2.34. The second-order valence-electron chi connectivity index (χ2n) is 12.0. The molecule has 7 aromatic rings. The zero-order valence-corrected chi connectivity index (χ0v) is 25.2. The average Bonchev–Trinajstić information content (AvgIpc) is 3.49. The van der Waals surface area contributed by atoms with Crippen LogP contribution in [0.5, 0.6) is 0 Å². The number of anilines is 2. The Labute approximate surface area is 264 Å². The maximum Gasteiger partial charge on any atom is 0.138 e. The van der Waals surface area contributed by atoms with Gasteiger partial charge in [-0.1, -0.05) is 140 Å². The number of para-hydroxylation sites is 1. The van der Waals surface area contributed by atoms with Crippen LogP contribution in [0.1, 0.15) is 18.9 Å².